The highest BCUT2D eigenvalue weighted by Crippen LogP contribution is 2.36. The average molecular weight is 128 g/mol. The Morgan fingerprint density at radius 1 is 1.00 bits per heavy atom. The molecule has 2 aliphatic rings. The predicted molar refractivity (Wildman–Crippen MR) is 33.1 cm³/mol. The molecule has 1 unspecified atom stereocenters. The van der Waals surface area contributed by atoms with E-state index in [9.17, 15) is 0 Å². The van der Waals surface area contributed by atoms with Crippen LogP contribution in [0.25, 0.3) is 0 Å². The lowest BCUT2D eigenvalue weighted by Gasteiger charge is -2.06. The molecule has 0 aromatic rings. The van der Waals surface area contributed by atoms with Crippen molar-refractivity contribution in [3.8, 4) is 0 Å². The Kier molecular flexibility index (Phi) is 1.24. The van der Waals surface area contributed by atoms with E-state index in [-0.39, 0.29) is 5.79 Å². The summed E-state index contributed by atoms with van der Waals surface area (Å²) in [5.74, 6) is -0.0868. The molecular weight excluding hydrogens is 116 g/mol. The minimum absolute atomic E-state index is 0.0868. The molecule has 0 aromatic heterocycles. The molecule has 0 saturated carbocycles. The monoisotopic (exact) mass is 128 g/mol. The molecule has 2 rings (SSSR count). The fourth-order valence-corrected chi connectivity index (χ4v) is 1.31. The van der Waals surface area contributed by atoms with Crippen LogP contribution in [0, 0.1) is 0 Å². The van der Waals surface area contributed by atoms with E-state index in [4.69, 9.17) is 9.47 Å². The molecule has 0 aliphatic carbocycles. The highest BCUT2D eigenvalue weighted by atomic mass is 16.8. The maximum absolute atomic E-state index is 5.48. The maximum atomic E-state index is 5.48. The summed E-state index contributed by atoms with van der Waals surface area (Å²) in [5, 5.41) is 0. The van der Waals surface area contributed by atoms with Gasteiger partial charge in [-0.05, 0) is 12.8 Å². The van der Waals surface area contributed by atoms with Crippen LogP contribution in [0.15, 0.2) is 0 Å². The Labute approximate surface area is 55.1 Å². The molecule has 1 atom stereocenters. The quantitative estimate of drug-likeness (QED) is 0.459. The summed E-state index contributed by atoms with van der Waals surface area (Å²) in [6.07, 6.45) is 4.92. The van der Waals surface area contributed by atoms with E-state index in [1.807, 2.05) is 0 Å². The molecule has 0 bridgehead atoms. The van der Waals surface area contributed by atoms with Crippen molar-refractivity contribution in [2.75, 3.05) is 13.2 Å². The van der Waals surface area contributed by atoms with Gasteiger partial charge in [-0.2, -0.15) is 0 Å². The number of hydrogen-bond donors (Lipinski definition) is 0. The van der Waals surface area contributed by atoms with Gasteiger partial charge in [-0.15, -0.1) is 0 Å². The van der Waals surface area contributed by atoms with Crippen LogP contribution in [0.1, 0.15) is 25.7 Å². The topological polar surface area (TPSA) is 21.8 Å². The van der Waals surface area contributed by atoms with E-state index in [0.29, 0.717) is 0 Å². The standard InChI is InChI=1S/C7H12O2/c1-2-4-7(6-9-7)8-5-3-1/h1-6H2. The van der Waals surface area contributed by atoms with Crippen LogP contribution < -0.4 is 0 Å². The van der Waals surface area contributed by atoms with Gasteiger partial charge in [0.1, 0.15) is 6.61 Å². The van der Waals surface area contributed by atoms with Gasteiger partial charge in [0.25, 0.3) is 0 Å². The first-order chi connectivity index (χ1) is 4.41. The second-order valence-electron chi connectivity index (χ2n) is 2.86. The number of rotatable bonds is 0. The Morgan fingerprint density at radius 3 is 2.67 bits per heavy atom. The Balaban J connectivity index is 1.92. The van der Waals surface area contributed by atoms with Gasteiger partial charge in [0.15, 0.2) is 5.79 Å². The van der Waals surface area contributed by atoms with Crippen LogP contribution >= 0.6 is 0 Å². The first-order valence-corrected chi connectivity index (χ1v) is 3.69. The van der Waals surface area contributed by atoms with Crippen molar-refractivity contribution in [1.29, 1.82) is 0 Å². The van der Waals surface area contributed by atoms with Gasteiger partial charge in [0.2, 0.25) is 0 Å². The van der Waals surface area contributed by atoms with E-state index in [1.54, 1.807) is 0 Å². The number of epoxide rings is 1. The van der Waals surface area contributed by atoms with E-state index in [1.165, 1.54) is 19.3 Å². The van der Waals surface area contributed by atoms with E-state index >= 15 is 0 Å². The summed E-state index contributed by atoms with van der Waals surface area (Å²) >= 11 is 0. The Hall–Kier alpha value is -0.0800. The highest BCUT2D eigenvalue weighted by molar-refractivity contribution is 4.83. The third kappa shape index (κ3) is 1.10. The third-order valence-corrected chi connectivity index (χ3v) is 2.03. The zero-order valence-electron chi connectivity index (χ0n) is 5.56. The van der Waals surface area contributed by atoms with Crippen molar-refractivity contribution >= 4 is 0 Å². The smallest absolute Gasteiger partial charge is 0.192 e. The van der Waals surface area contributed by atoms with Gasteiger partial charge in [0.05, 0.1) is 6.61 Å². The van der Waals surface area contributed by atoms with Crippen LogP contribution in [0.2, 0.25) is 0 Å². The molecule has 2 saturated heterocycles. The lowest BCUT2D eigenvalue weighted by molar-refractivity contribution is -0.0396. The Bertz CT molecular complexity index is 97.5. The summed E-state index contributed by atoms with van der Waals surface area (Å²) in [5.41, 5.74) is 0. The SMILES string of the molecule is C1CCOC2(CC1)CO2. The number of hydrogen-bond acceptors (Lipinski definition) is 2. The third-order valence-electron chi connectivity index (χ3n) is 2.03. The summed E-state index contributed by atoms with van der Waals surface area (Å²) in [4.78, 5) is 0. The van der Waals surface area contributed by atoms with Crippen molar-refractivity contribution in [1.82, 2.24) is 0 Å². The maximum Gasteiger partial charge on any atom is 0.192 e. The van der Waals surface area contributed by atoms with E-state index in [2.05, 4.69) is 0 Å². The summed E-state index contributed by atoms with van der Waals surface area (Å²) < 4.78 is 10.7. The van der Waals surface area contributed by atoms with Gasteiger partial charge in [-0.3, -0.25) is 0 Å². The average Bonchev–Trinajstić information content (AvgIpc) is 2.64. The van der Waals surface area contributed by atoms with Crippen molar-refractivity contribution in [3.05, 3.63) is 0 Å². The van der Waals surface area contributed by atoms with Gasteiger partial charge in [-0.1, -0.05) is 6.42 Å². The van der Waals surface area contributed by atoms with E-state index < -0.39 is 0 Å². The largest absolute Gasteiger partial charge is 0.348 e. The molecule has 2 fully saturated rings. The first kappa shape index (κ1) is 5.69. The van der Waals surface area contributed by atoms with Crippen LogP contribution in [-0.2, 0) is 9.47 Å². The minimum atomic E-state index is -0.0868. The molecule has 1 spiro atoms. The molecule has 2 heteroatoms. The summed E-state index contributed by atoms with van der Waals surface area (Å²) in [6, 6.07) is 0. The molecule has 9 heavy (non-hydrogen) atoms. The van der Waals surface area contributed by atoms with Crippen molar-refractivity contribution < 1.29 is 9.47 Å². The second kappa shape index (κ2) is 1.96. The minimum Gasteiger partial charge on any atom is -0.348 e. The van der Waals surface area contributed by atoms with Crippen molar-refractivity contribution in [2.24, 2.45) is 0 Å². The van der Waals surface area contributed by atoms with Crippen LogP contribution in [-0.4, -0.2) is 19.0 Å². The van der Waals surface area contributed by atoms with E-state index in [0.717, 1.165) is 19.6 Å². The zero-order valence-corrected chi connectivity index (χ0v) is 5.56. The molecular formula is C7H12O2. The predicted octanol–water partition coefficient (Wildman–Crippen LogP) is 1.30. The van der Waals surface area contributed by atoms with Gasteiger partial charge < -0.3 is 9.47 Å². The molecule has 2 heterocycles. The molecule has 0 radical (unpaired) electrons. The fraction of sp³-hybridized carbons (Fsp3) is 1.00. The van der Waals surface area contributed by atoms with Crippen molar-refractivity contribution in [2.45, 2.75) is 31.5 Å². The molecule has 2 aliphatic heterocycles. The van der Waals surface area contributed by atoms with Crippen LogP contribution in [0.4, 0.5) is 0 Å². The normalized spacial score (nSPS) is 42.7. The second-order valence-corrected chi connectivity index (χ2v) is 2.86. The molecule has 0 aromatic carbocycles. The zero-order chi connectivity index (χ0) is 6.16. The van der Waals surface area contributed by atoms with Crippen LogP contribution in [0.3, 0.4) is 0 Å². The van der Waals surface area contributed by atoms with Gasteiger partial charge in [-0.25, -0.2) is 0 Å². The van der Waals surface area contributed by atoms with Crippen molar-refractivity contribution in [3.63, 3.8) is 0 Å². The molecule has 52 valence electrons. The Morgan fingerprint density at radius 2 is 1.89 bits per heavy atom. The van der Waals surface area contributed by atoms with Gasteiger partial charge >= 0.3 is 0 Å². The number of ether oxygens (including phenoxy) is 2. The van der Waals surface area contributed by atoms with Crippen LogP contribution in [0.5, 0.6) is 0 Å². The first-order valence-electron chi connectivity index (χ1n) is 3.69. The highest BCUT2D eigenvalue weighted by Gasteiger charge is 2.46. The fourth-order valence-electron chi connectivity index (χ4n) is 1.31. The summed E-state index contributed by atoms with van der Waals surface area (Å²) in [6.45, 7) is 1.74. The lowest BCUT2D eigenvalue weighted by atomic mass is 10.2. The molecule has 0 amide bonds. The molecule has 0 N–H and O–H groups in total. The lowest BCUT2D eigenvalue weighted by Crippen LogP contribution is -2.13. The summed E-state index contributed by atoms with van der Waals surface area (Å²) in [7, 11) is 0. The molecule has 2 nitrogen and oxygen atoms in total. The van der Waals surface area contributed by atoms with Gasteiger partial charge in [0, 0.05) is 6.42 Å².